The number of H-pyrrole nitrogens is 1. The summed E-state index contributed by atoms with van der Waals surface area (Å²) in [7, 11) is 0. The van der Waals surface area contributed by atoms with Gasteiger partial charge in [-0.15, -0.1) is 0 Å². The van der Waals surface area contributed by atoms with E-state index in [1.807, 2.05) is 18.2 Å². The molecule has 0 spiro atoms. The van der Waals surface area contributed by atoms with Crippen LogP contribution in [0.3, 0.4) is 0 Å². The summed E-state index contributed by atoms with van der Waals surface area (Å²) >= 11 is 3.76. The summed E-state index contributed by atoms with van der Waals surface area (Å²) in [5.41, 5.74) is 4.04. The highest BCUT2D eigenvalue weighted by atomic mass is 79.9. The SMILES string of the molecule is Brc1cc2c3ccc4ccccc4c3[nH]c2c2oc3ccccc3c12. The summed E-state index contributed by atoms with van der Waals surface area (Å²) in [6.07, 6.45) is 0. The van der Waals surface area contributed by atoms with Crippen molar-refractivity contribution in [2.45, 2.75) is 0 Å². The zero-order valence-electron chi connectivity index (χ0n) is 13.1. The normalized spacial score (nSPS) is 12.2. The van der Waals surface area contributed by atoms with Gasteiger partial charge >= 0.3 is 0 Å². The molecule has 0 aliphatic carbocycles. The van der Waals surface area contributed by atoms with Gasteiger partial charge in [0.25, 0.3) is 0 Å². The molecule has 1 N–H and O–H groups in total. The van der Waals surface area contributed by atoms with Crippen molar-refractivity contribution in [2.24, 2.45) is 0 Å². The molecule has 0 saturated heterocycles. The second-order valence-corrected chi connectivity index (χ2v) is 7.27. The van der Waals surface area contributed by atoms with E-state index in [2.05, 4.69) is 69.4 Å². The number of benzene rings is 4. The number of halogens is 1. The van der Waals surface area contributed by atoms with Crippen molar-refractivity contribution in [3.05, 3.63) is 71.2 Å². The number of nitrogens with one attached hydrogen (secondary N) is 1. The maximum Gasteiger partial charge on any atom is 0.160 e. The van der Waals surface area contributed by atoms with Crippen LogP contribution in [-0.4, -0.2) is 4.98 Å². The third kappa shape index (κ3) is 1.68. The van der Waals surface area contributed by atoms with Gasteiger partial charge in [0.05, 0.1) is 11.0 Å². The molecule has 2 heterocycles. The van der Waals surface area contributed by atoms with Gasteiger partial charge < -0.3 is 9.40 Å². The number of hydrogen-bond acceptors (Lipinski definition) is 1. The molecule has 0 atom stereocenters. The van der Waals surface area contributed by atoms with Gasteiger partial charge in [-0.25, -0.2) is 0 Å². The predicted molar refractivity (Wildman–Crippen MR) is 108 cm³/mol. The lowest BCUT2D eigenvalue weighted by Crippen LogP contribution is -1.74. The Kier molecular flexibility index (Phi) is 2.51. The van der Waals surface area contributed by atoms with Crippen LogP contribution in [0.15, 0.2) is 75.6 Å². The van der Waals surface area contributed by atoms with E-state index >= 15 is 0 Å². The Balaban J connectivity index is 1.92. The molecule has 6 rings (SSSR count). The summed E-state index contributed by atoms with van der Waals surface area (Å²) in [6.45, 7) is 0. The summed E-state index contributed by atoms with van der Waals surface area (Å²) < 4.78 is 7.29. The molecule has 3 heteroatoms. The first kappa shape index (κ1) is 13.5. The first-order valence-electron chi connectivity index (χ1n) is 8.24. The minimum atomic E-state index is 0.908. The summed E-state index contributed by atoms with van der Waals surface area (Å²) in [4.78, 5) is 3.64. The Hall–Kier alpha value is -2.78. The van der Waals surface area contributed by atoms with Crippen molar-refractivity contribution in [2.75, 3.05) is 0 Å². The maximum atomic E-state index is 6.23. The number of furan rings is 1. The van der Waals surface area contributed by atoms with E-state index in [1.165, 1.54) is 21.5 Å². The van der Waals surface area contributed by atoms with Gasteiger partial charge in [-0.2, -0.15) is 0 Å². The summed E-state index contributed by atoms with van der Waals surface area (Å²) in [5.74, 6) is 0. The first-order valence-corrected chi connectivity index (χ1v) is 9.03. The Labute approximate surface area is 151 Å². The van der Waals surface area contributed by atoms with Crippen LogP contribution in [0.25, 0.3) is 54.5 Å². The third-order valence-corrected chi connectivity index (χ3v) is 5.70. The lowest BCUT2D eigenvalue weighted by atomic mass is 10.1. The van der Waals surface area contributed by atoms with Crippen molar-refractivity contribution >= 4 is 70.4 Å². The quantitative estimate of drug-likeness (QED) is 0.295. The van der Waals surface area contributed by atoms with E-state index in [0.29, 0.717) is 0 Å². The van der Waals surface area contributed by atoms with E-state index in [9.17, 15) is 0 Å². The molecular formula is C22H12BrNO. The van der Waals surface area contributed by atoms with Gasteiger partial charge in [-0.1, -0.05) is 54.6 Å². The Morgan fingerprint density at radius 1 is 0.720 bits per heavy atom. The molecule has 0 saturated carbocycles. The van der Waals surface area contributed by atoms with E-state index in [-0.39, 0.29) is 0 Å². The molecule has 2 nitrogen and oxygen atoms in total. The van der Waals surface area contributed by atoms with Crippen molar-refractivity contribution < 1.29 is 4.42 Å². The number of aromatic nitrogens is 1. The topological polar surface area (TPSA) is 28.9 Å². The van der Waals surface area contributed by atoms with Crippen LogP contribution >= 0.6 is 15.9 Å². The van der Waals surface area contributed by atoms with Crippen molar-refractivity contribution in [3.63, 3.8) is 0 Å². The number of hydrogen-bond donors (Lipinski definition) is 1. The van der Waals surface area contributed by atoms with Crippen LogP contribution in [0, 0.1) is 0 Å². The van der Waals surface area contributed by atoms with Crippen LogP contribution in [-0.2, 0) is 0 Å². The molecule has 0 bridgehead atoms. The zero-order valence-corrected chi connectivity index (χ0v) is 14.7. The van der Waals surface area contributed by atoms with E-state index in [4.69, 9.17) is 4.42 Å². The fraction of sp³-hybridized carbons (Fsp3) is 0. The van der Waals surface area contributed by atoms with Crippen LogP contribution in [0.2, 0.25) is 0 Å². The molecule has 0 aliphatic rings. The minimum absolute atomic E-state index is 0.908. The molecule has 4 aromatic carbocycles. The van der Waals surface area contributed by atoms with Gasteiger partial charge in [-0.3, -0.25) is 0 Å². The molecule has 0 radical (unpaired) electrons. The minimum Gasteiger partial charge on any atom is -0.454 e. The fourth-order valence-corrected chi connectivity index (χ4v) is 4.57. The molecule has 0 amide bonds. The van der Waals surface area contributed by atoms with Crippen molar-refractivity contribution in [3.8, 4) is 0 Å². The monoisotopic (exact) mass is 385 g/mol. The third-order valence-electron chi connectivity index (χ3n) is 5.07. The van der Waals surface area contributed by atoms with Crippen LogP contribution in [0.5, 0.6) is 0 Å². The molecule has 0 aliphatic heterocycles. The number of aromatic amines is 1. The van der Waals surface area contributed by atoms with E-state index in [0.717, 1.165) is 37.4 Å². The highest BCUT2D eigenvalue weighted by Crippen LogP contribution is 2.42. The Morgan fingerprint density at radius 3 is 2.44 bits per heavy atom. The lowest BCUT2D eigenvalue weighted by Gasteiger charge is -1.99. The highest BCUT2D eigenvalue weighted by Gasteiger charge is 2.17. The maximum absolute atomic E-state index is 6.23. The van der Waals surface area contributed by atoms with Crippen LogP contribution < -0.4 is 0 Å². The van der Waals surface area contributed by atoms with E-state index < -0.39 is 0 Å². The smallest absolute Gasteiger partial charge is 0.160 e. The van der Waals surface area contributed by atoms with Gasteiger partial charge in [0, 0.05) is 31.4 Å². The number of para-hydroxylation sites is 1. The largest absolute Gasteiger partial charge is 0.454 e. The molecule has 0 fully saturated rings. The fourth-order valence-electron chi connectivity index (χ4n) is 3.94. The van der Waals surface area contributed by atoms with Gasteiger partial charge in [0.2, 0.25) is 0 Å². The lowest BCUT2D eigenvalue weighted by molar-refractivity contribution is 0.672. The molecular weight excluding hydrogens is 374 g/mol. The summed E-state index contributed by atoms with van der Waals surface area (Å²) in [6, 6.07) is 23.2. The average Bonchev–Trinajstić information content (AvgIpc) is 3.21. The molecule has 0 unspecified atom stereocenters. The van der Waals surface area contributed by atoms with Gasteiger partial charge in [-0.05, 0) is 33.4 Å². The second-order valence-electron chi connectivity index (χ2n) is 6.42. The highest BCUT2D eigenvalue weighted by molar-refractivity contribution is 9.10. The Bertz CT molecular complexity index is 1460. The molecule has 25 heavy (non-hydrogen) atoms. The number of fused-ring (bicyclic) bond motifs is 9. The van der Waals surface area contributed by atoms with E-state index in [1.54, 1.807) is 0 Å². The molecule has 118 valence electrons. The van der Waals surface area contributed by atoms with Crippen molar-refractivity contribution in [1.29, 1.82) is 0 Å². The molecule has 2 aromatic heterocycles. The second kappa shape index (κ2) is 4.64. The van der Waals surface area contributed by atoms with Gasteiger partial charge in [0.1, 0.15) is 5.58 Å². The predicted octanol–water partition coefficient (Wildman–Crippen LogP) is 7.14. The summed E-state index contributed by atoms with van der Waals surface area (Å²) in [5, 5.41) is 7.13. The standard InChI is InChI=1S/C22H12BrNO/c23-17-11-16-14-10-9-12-5-1-2-6-13(12)20(14)24-21(16)22-19(17)15-7-3-4-8-18(15)25-22/h1-11,24H. The zero-order chi connectivity index (χ0) is 16.5. The number of rotatable bonds is 0. The van der Waals surface area contributed by atoms with Crippen molar-refractivity contribution in [1.82, 2.24) is 4.98 Å². The Morgan fingerprint density at radius 2 is 1.52 bits per heavy atom. The molecule has 6 aromatic rings. The van der Waals surface area contributed by atoms with Crippen LogP contribution in [0.1, 0.15) is 0 Å². The van der Waals surface area contributed by atoms with Gasteiger partial charge in [0.15, 0.2) is 5.58 Å². The first-order chi connectivity index (χ1) is 12.3. The average molecular weight is 386 g/mol. The van der Waals surface area contributed by atoms with Crippen LogP contribution in [0.4, 0.5) is 0 Å².